The number of hydrogen-bond acceptors (Lipinski definition) is 6. The van der Waals surface area contributed by atoms with E-state index in [9.17, 15) is 15.0 Å². The fraction of sp³-hybridized carbons (Fsp3) is 0.261. The van der Waals surface area contributed by atoms with Gasteiger partial charge in [-0.3, -0.25) is 4.79 Å². The second-order valence-corrected chi connectivity index (χ2v) is 9.25. The first kappa shape index (κ1) is 20.3. The third-order valence-electron chi connectivity index (χ3n) is 5.78. The van der Waals surface area contributed by atoms with Crippen molar-refractivity contribution in [1.82, 2.24) is 0 Å². The number of carbonyl (C=O) groups is 1. The SMILES string of the molecule is COc1cc(N2Cc3cc(-c4ccc(Cl)cc4)sc3C2=O)ccc1N1C[C@@H](O)[C@H](O)C1. The number of thiophene rings is 1. The molecule has 1 amide bonds. The normalized spacial score (nSPS) is 20.5. The molecule has 160 valence electrons. The van der Waals surface area contributed by atoms with Gasteiger partial charge in [-0.25, -0.2) is 0 Å². The van der Waals surface area contributed by atoms with Crippen molar-refractivity contribution in [2.45, 2.75) is 18.8 Å². The van der Waals surface area contributed by atoms with Gasteiger partial charge in [0.1, 0.15) is 5.75 Å². The number of anilines is 2. The Morgan fingerprint density at radius 1 is 1.06 bits per heavy atom. The van der Waals surface area contributed by atoms with Crippen LogP contribution in [-0.2, 0) is 6.54 Å². The van der Waals surface area contributed by atoms with E-state index < -0.39 is 12.2 Å². The molecular formula is C23H21ClN2O4S. The lowest BCUT2D eigenvalue weighted by Gasteiger charge is -2.23. The van der Waals surface area contributed by atoms with Gasteiger partial charge in [-0.05, 0) is 41.5 Å². The number of amides is 1. The Kier molecular flexibility index (Phi) is 5.14. The molecule has 1 saturated heterocycles. The number of fused-ring (bicyclic) bond motifs is 1. The number of aliphatic hydroxyl groups excluding tert-OH is 2. The van der Waals surface area contributed by atoms with Gasteiger partial charge in [0.2, 0.25) is 0 Å². The van der Waals surface area contributed by atoms with E-state index in [1.165, 1.54) is 11.3 Å². The summed E-state index contributed by atoms with van der Waals surface area (Å²) in [6.07, 6.45) is -1.56. The van der Waals surface area contributed by atoms with E-state index >= 15 is 0 Å². The van der Waals surface area contributed by atoms with Crippen LogP contribution in [0.1, 0.15) is 15.2 Å². The predicted octanol–water partition coefficient (Wildman–Crippen LogP) is 3.78. The van der Waals surface area contributed by atoms with Crippen LogP contribution in [0.3, 0.4) is 0 Å². The monoisotopic (exact) mass is 456 g/mol. The van der Waals surface area contributed by atoms with Crippen LogP contribution in [-0.4, -0.2) is 48.5 Å². The Bertz CT molecular complexity index is 1140. The summed E-state index contributed by atoms with van der Waals surface area (Å²) in [6.45, 7) is 1.18. The molecule has 2 N–H and O–H groups in total. The van der Waals surface area contributed by atoms with Crippen molar-refractivity contribution < 1.29 is 19.7 Å². The first-order valence-electron chi connectivity index (χ1n) is 9.94. The van der Waals surface area contributed by atoms with Crippen LogP contribution in [0.5, 0.6) is 5.75 Å². The van der Waals surface area contributed by atoms with Crippen LogP contribution in [0.4, 0.5) is 11.4 Å². The van der Waals surface area contributed by atoms with E-state index in [1.807, 2.05) is 47.4 Å². The summed E-state index contributed by atoms with van der Waals surface area (Å²) < 4.78 is 5.56. The summed E-state index contributed by atoms with van der Waals surface area (Å²) in [7, 11) is 1.58. The Hall–Kier alpha value is -2.58. The maximum atomic E-state index is 13.1. The molecule has 0 saturated carbocycles. The topological polar surface area (TPSA) is 73.2 Å². The summed E-state index contributed by atoms with van der Waals surface area (Å²) in [5, 5.41) is 20.4. The number of rotatable bonds is 4. The highest BCUT2D eigenvalue weighted by atomic mass is 35.5. The first-order chi connectivity index (χ1) is 14.9. The smallest absolute Gasteiger partial charge is 0.269 e. The molecule has 5 rings (SSSR count). The van der Waals surface area contributed by atoms with E-state index in [0.717, 1.165) is 32.3 Å². The van der Waals surface area contributed by atoms with Gasteiger partial charge in [0.15, 0.2) is 0 Å². The second-order valence-electron chi connectivity index (χ2n) is 7.76. The van der Waals surface area contributed by atoms with E-state index in [1.54, 1.807) is 12.0 Å². The van der Waals surface area contributed by atoms with E-state index in [-0.39, 0.29) is 5.91 Å². The zero-order chi connectivity index (χ0) is 21.7. The molecule has 0 spiro atoms. The summed E-state index contributed by atoms with van der Waals surface area (Å²) in [5.41, 5.74) is 3.59. The fourth-order valence-electron chi connectivity index (χ4n) is 4.12. The van der Waals surface area contributed by atoms with Gasteiger partial charge in [0.25, 0.3) is 5.91 Å². The van der Waals surface area contributed by atoms with Crippen molar-refractivity contribution in [1.29, 1.82) is 0 Å². The first-order valence-corrected chi connectivity index (χ1v) is 11.1. The number of benzene rings is 2. The van der Waals surface area contributed by atoms with Crippen LogP contribution in [0.2, 0.25) is 5.02 Å². The maximum absolute atomic E-state index is 13.1. The maximum Gasteiger partial charge on any atom is 0.269 e. The van der Waals surface area contributed by atoms with Crippen LogP contribution >= 0.6 is 22.9 Å². The number of halogens is 1. The molecule has 0 radical (unpaired) electrons. The zero-order valence-electron chi connectivity index (χ0n) is 16.8. The van der Waals surface area contributed by atoms with E-state index in [2.05, 4.69) is 6.07 Å². The number of β-amino-alcohol motifs (C(OH)–C–C–N with tert-alkyl or cyclic N) is 2. The molecule has 6 nitrogen and oxygen atoms in total. The average molecular weight is 457 g/mol. The molecule has 3 aromatic rings. The van der Waals surface area contributed by atoms with Gasteiger partial charge < -0.3 is 24.7 Å². The lowest BCUT2D eigenvalue weighted by Crippen LogP contribution is -2.24. The Labute approximate surface area is 188 Å². The van der Waals surface area contributed by atoms with Crippen molar-refractivity contribution in [2.75, 3.05) is 30.0 Å². The summed E-state index contributed by atoms with van der Waals surface area (Å²) in [4.78, 5) is 18.5. The van der Waals surface area contributed by atoms with Gasteiger partial charge in [-0.1, -0.05) is 23.7 Å². The summed E-state index contributed by atoms with van der Waals surface area (Å²) in [5.74, 6) is 0.575. The standard InChI is InChI=1S/C23H21ClN2O4S/c1-30-20-9-16(6-7-17(20)25-11-18(27)19(28)12-25)26-10-14-8-21(31-22(14)23(26)29)13-2-4-15(24)5-3-13/h2-9,18-19,27-28H,10-12H2,1H3/t18-,19-/m1/s1. The number of ether oxygens (including phenoxy) is 1. The highest BCUT2D eigenvalue weighted by molar-refractivity contribution is 7.17. The van der Waals surface area contributed by atoms with Crippen molar-refractivity contribution >= 4 is 40.2 Å². The summed E-state index contributed by atoms with van der Waals surface area (Å²) in [6, 6.07) is 15.3. The van der Waals surface area contributed by atoms with Crippen molar-refractivity contribution in [3.63, 3.8) is 0 Å². The van der Waals surface area contributed by atoms with Crippen molar-refractivity contribution in [2.24, 2.45) is 0 Å². The van der Waals surface area contributed by atoms with Crippen molar-refractivity contribution in [3.05, 3.63) is 64.0 Å². The van der Waals surface area contributed by atoms with Gasteiger partial charge >= 0.3 is 0 Å². The molecule has 0 bridgehead atoms. The molecule has 3 heterocycles. The largest absolute Gasteiger partial charge is 0.495 e. The van der Waals surface area contributed by atoms with Gasteiger partial charge in [0, 0.05) is 34.7 Å². The molecule has 2 aliphatic rings. The van der Waals surface area contributed by atoms with E-state index in [0.29, 0.717) is 30.4 Å². The lowest BCUT2D eigenvalue weighted by molar-refractivity contribution is 0.0572. The summed E-state index contributed by atoms with van der Waals surface area (Å²) >= 11 is 7.47. The predicted molar refractivity (Wildman–Crippen MR) is 122 cm³/mol. The van der Waals surface area contributed by atoms with Gasteiger partial charge in [-0.15, -0.1) is 11.3 Å². The van der Waals surface area contributed by atoms with Crippen LogP contribution in [0, 0.1) is 0 Å². The molecule has 8 heteroatoms. The Balaban J connectivity index is 1.40. The molecular weight excluding hydrogens is 436 g/mol. The van der Waals surface area contributed by atoms with Gasteiger partial charge in [-0.2, -0.15) is 0 Å². The number of aliphatic hydroxyl groups is 2. The fourth-order valence-corrected chi connectivity index (χ4v) is 5.37. The molecule has 31 heavy (non-hydrogen) atoms. The van der Waals surface area contributed by atoms with E-state index in [4.69, 9.17) is 16.3 Å². The Morgan fingerprint density at radius 3 is 2.42 bits per heavy atom. The van der Waals surface area contributed by atoms with Crippen molar-refractivity contribution in [3.8, 4) is 16.2 Å². The minimum absolute atomic E-state index is 0.0259. The molecule has 2 atom stereocenters. The Morgan fingerprint density at radius 2 is 1.77 bits per heavy atom. The van der Waals surface area contributed by atoms with Crippen LogP contribution < -0.4 is 14.5 Å². The van der Waals surface area contributed by atoms with Crippen LogP contribution in [0.25, 0.3) is 10.4 Å². The lowest BCUT2D eigenvalue weighted by atomic mass is 10.1. The van der Waals surface area contributed by atoms with Crippen LogP contribution in [0.15, 0.2) is 48.5 Å². The minimum atomic E-state index is -0.782. The highest BCUT2D eigenvalue weighted by Crippen LogP contribution is 2.41. The minimum Gasteiger partial charge on any atom is -0.495 e. The molecule has 2 aliphatic heterocycles. The highest BCUT2D eigenvalue weighted by Gasteiger charge is 2.34. The zero-order valence-corrected chi connectivity index (χ0v) is 18.4. The second kappa shape index (κ2) is 7.84. The third kappa shape index (κ3) is 3.57. The molecule has 0 unspecified atom stereocenters. The van der Waals surface area contributed by atoms with Gasteiger partial charge in [0.05, 0.1) is 36.4 Å². The number of nitrogens with zero attached hydrogens (tertiary/aromatic N) is 2. The number of methoxy groups -OCH3 is 1. The number of carbonyl (C=O) groups excluding carboxylic acids is 1. The molecule has 1 fully saturated rings. The average Bonchev–Trinajstić information content (AvgIpc) is 3.43. The third-order valence-corrected chi connectivity index (χ3v) is 7.25. The number of hydrogen-bond donors (Lipinski definition) is 2. The molecule has 1 aromatic heterocycles. The molecule has 0 aliphatic carbocycles. The molecule has 2 aromatic carbocycles. The quantitative estimate of drug-likeness (QED) is 0.625.